The van der Waals surface area contributed by atoms with Gasteiger partial charge in [0.2, 0.25) is 0 Å². The second-order valence-corrected chi connectivity index (χ2v) is 4.86. The molecule has 0 atom stereocenters. The Hall–Kier alpha value is -2.29. The summed E-state index contributed by atoms with van der Waals surface area (Å²) in [5.41, 5.74) is 4.65. The summed E-state index contributed by atoms with van der Waals surface area (Å²) in [5.74, 6) is 1.82. The molecule has 0 spiro atoms. The summed E-state index contributed by atoms with van der Waals surface area (Å²) < 4.78 is 11.2. The largest absolute Gasteiger partial charge is 0.497 e. The van der Waals surface area contributed by atoms with Crippen molar-refractivity contribution < 1.29 is 14.3 Å². The third kappa shape index (κ3) is 4.63. The third-order valence-corrected chi connectivity index (χ3v) is 3.17. The van der Waals surface area contributed by atoms with Crippen LogP contribution < -0.4 is 9.47 Å². The summed E-state index contributed by atoms with van der Waals surface area (Å²) in [6.45, 7) is 8.76. The second kappa shape index (κ2) is 8.10. The molecule has 0 aliphatic rings. The minimum absolute atomic E-state index is 0.592. The van der Waals surface area contributed by atoms with E-state index in [4.69, 9.17) is 14.3 Å². The first kappa shape index (κ1) is 16.8. The van der Waals surface area contributed by atoms with Crippen LogP contribution in [0.15, 0.2) is 36.4 Å². The fourth-order valence-corrected chi connectivity index (χ4v) is 2.10. The Morgan fingerprint density at radius 1 is 0.952 bits per heavy atom. The Kier molecular flexibility index (Phi) is 6.47. The molecule has 2 rings (SSSR count). The topological polar surface area (TPSA) is 35.5 Å². The summed E-state index contributed by atoms with van der Waals surface area (Å²) >= 11 is 0. The van der Waals surface area contributed by atoms with Crippen molar-refractivity contribution in [3.05, 3.63) is 58.7 Å². The van der Waals surface area contributed by atoms with Crippen molar-refractivity contribution >= 4 is 6.79 Å². The van der Waals surface area contributed by atoms with Crippen molar-refractivity contribution in [3.8, 4) is 11.5 Å². The molecule has 2 aromatic rings. The van der Waals surface area contributed by atoms with Gasteiger partial charge in [0.1, 0.15) is 24.9 Å². The van der Waals surface area contributed by atoms with Crippen molar-refractivity contribution in [2.24, 2.45) is 0 Å². The van der Waals surface area contributed by atoms with E-state index in [1.807, 2.05) is 32.8 Å². The van der Waals surface area contributed by atoms with Crippen LogP contribution in [0.3, 0.4) is 0 Å². The molecule has 0 saturated heterocycles. The molecular weight excluding hydrogens is 264 g/mol. The highest BCUT2D eigenvalue weighted by molar-refractivity contribution is 5.46. The molecule has 0 unspecified atom stereocenters. The number of carbonyl (C=O) groups is 1. The van der Waals surface area contributed by atoms with Crippen LogP contribution in [0.4, 0.5) is 0 Å². The zero-order valence-corrected chi connectivity index (χ0v) is 13.1. The summed E-state index contributed by atoms with van der Waals surface area (Å²) in [5, 5.41) is 0. The van der Waals surface area contributed by atoms with Gasteiger partial charge in [0.05, 0.1) is 7.11 Å². The minimum Gasteiger partial charge on any atom is -0.497 e. The third-order valence-electron chi connectivity index (χ3n) is 3.17. The lowest BCUT2D eigenvalue weighted by Crippen LogP contribution is -1.99. The minimum atomic E-state index is 0.592. The van der Waals surface area contributed by atoms with E-state index < -0.39 is 0 Å². The average Bonchev–Trinajstić information content (AvgIpc) is 2.50. The smallest absolute Gasteiger partial charge is 0.125 e. The van der Waals surface area contributed by atoms with E-state index in [0.29, 0.717) is 6.61 Å². The first-order chi connectivity index (χ1) is 10.1. The van der Waals surface area contributed by atoms with Crippen LogP contribution in [0.1, 0.15) is 22.3 Å². The highest BCUT2D eigenvalue weighted by atomic mass is 16.5. The molecule has 2 aromatic carbocycles. The van der Waals surface area contributed by atoms with Gasteiger partial charge in [0, 0.05) is 0 Å². The normalized spacial score (nSPS) is 9.52. The number of aryl methyl sites for hydroxylation is 3. The Balaban J connectivity index is 0.00000106. The Labute approximate surface area is 126 Å². The maximum absolute atomic E-state index is 8.00. The number of benzene rings is 2. The van der Waals surface area contributed by atoms with Crippen LogP contribution in [0.25, 0.3) is 0 Å². The van der Waals surface area contributed by atoms with Crippen LogP contribution in [0, 0.1) is 20.8 Å². The molecule has 3 nitrogen and oxygen atoms in total. The van der Waals surface area contributed by atoms with Crippen LogP contribution in [0.5, 0.6) is 11.5 Å². The van der Waals surface area contributed by atoms with Gasteiger partial charge in [-0.25, -0.2) is 0 Å². The summed E-state index contributed by atoms with van der Waals surface area (Å²) in [4.78, 5) is 8.00. The van der Waals surface area contributed by atoms with E-state index in [1.54, 1.807) is 7.11 Å². The van der Waals surface area contributed by atoms with E-state index in [2.05, 4.69) is 31.2 Å². The fourth-order valence-electron chi connectivity index (χ4n) is 2.10. The zero-order valence-electron chi connectivity index (χ0n) is 13.1. The van der Waals surface area contributed by atoms with Crippen LogP contribution in [0.2, 0.25) is 0 Å². The molecule has 0 N–H and O–H groups in total. The molecule has 0 saturated carbocycles. The van der Waals surface area contributed by atoms with Gasteiger partial charge in [-0.2, -0.15) is 0 Å². The monoisotopic (exact) mass is 286 g/mol. The van der Waals surface area contributed by atoms with Gasteiger partial charge in [-0.3, -0.25) is 0 Å². The molecule has 0 aliphatic heterocycles. The predicted octanol–water partition coefficient (Wildman–Crippen LogP) is 4.01. The standard InChI is InChI=1S/C17H20O2.CH2O/c1-12-5-7-15(8-6-12)11-19-17-13(2)9-16(18-4)10-14(17)3;1-2/h5-10H,11H2,1-4H3;1H2. The lowest BCUT2D eigenvalue weighted by Gasteiger charge is -2.14. The quantitative estimate of drug-likeness (QED) is 0.851. The Morgan fingerprint density at radius 3 is 1.95 bits per heavy atom. The Bertz CT molecular complexity index is 551. The van der Waals surface area contributed by atoms with Crippen molar-refractivity contribution in [3.63, 3.8) is 0 Å². The number of rotatable bonds is 4. The SMILES string of the molecule is C=O.COc1cc(C)c(OCc2ccc(C)cc2)c(C)c1. The molecule has 0 amide bonds. The van der Waals surface area contributed by atoms with Crippen LogP contribution in [-0.2, 0) is 11.4 Å². The van der Waals surface area contributed by atoms with Crippen molar-refractivity contribution in [1.29, 1.82) is 0 Å². The van der Waals surface area contributed by atoms with Gasteiger partial charge in [0.15, 0.2) is 0 Å². The zero-order chi connectivity index (χ0) is 15.8. The number of ether oxygens (including phenoxy) is 2. The van der Waals surface area contributed by atoms with E-state index in [0.717, 1.165) is 22.6 Å². The highest BCUT2D eigenvalue weighted by Gasteiger charge is 2.07. The molecule has 3 heteroatoms. The number of methoxy groups -OCH3 is 1. The summed E-state index contributed by atoms with van der Waals surface area (Å²) in [6, 6.07) is 12.4. The fraction of sp³-hybridized carbons (Fsp3) is 0.278. The van der Waals surface area contributed by atoms with Gasteiger partial charge in [0.25, 0.3) is 0 Å². The first-order valence-electron chi connectivity index (χ1n) is 6.72. The van der Waals surface area contributed by atoms with E-state index in [-0.39, 0.29) is 0 Å². The number of hydrogen-bond donors (Lipinski definition) is 0. The van der Waals surface area contributed by atoms with Crippen molar-refractivity contribution in [2.75, 3.05) is 7.11 Å². The summed E-state index contributed by atoms with van der Waals surface area (Å²) in [6.07, 6.45) is 0. The average molecular weight is 286 g/mol. The van der Waals surface area contributed by atoms with E-state index >= 15 is 0 Å². The van der Waals surface area contributed by atoms with Gasteiger partial charge >= 0.3 is 0 Å². The van der Waals surface area contributed by atoms with E-state index in [1.165, 1.54) is 11.1 Å². The Morgan fingerprint density at radius 2 is 1.48 bits per heavy atom. The van der Waals surface area contributed by atoms with Gasteiger partial charge in [-0.05, 0) is 49.6 Å². The van der Waals surface area contributed by atoms with Crippen LogP contribution >= 0.6 is 0 Å². The molecule has 0 bridgehead atoms. The molecule has 0 radical (unpaired) electrons. The summed E-state index contributed by atoms with van der Waals surface area (Å²) in [7, 11) is 1.68. The highest BCUT2D eigenvalue weighted by Crippen LogP contribution is 2.28. The molecule has 21 heavy (non-hydrogen) atoms. The molecular formula is C18H22O3. The maximum Gasteiger partial charge on any atom is 0.125 e. The van der Waals surface area contributed by atoms with Gasteiger partial charge in [-0.1, -0.05) is 29.8 Å². The predicted molar refractivity (Wildman–Crippen MR) is 85.1 cm³/mol. The van der Waals surface area contributed by atoms with Gasteiger partial charge in [-0.15, -0.1) is 0 Å². The van der Waals surface area contributed by atoms with Gasteiger partial charge < -0.3 is 14.3 Å². The van der Waals surface area contributed by atoms with Crippen molar-refractivity contribution in [1.82, 2.24) is 0 Å². The van der Waals surface area contributed by atoms with E-state index in [9.17, 15) is 0 Å². The van der Waals surface area contributed by atoms with Crippen LogP contribution in [-0.4, -0.2) is 13.9 Å². The molecule has 0 aliphatic carbocycles. The molecule has 0 heterocycles. The lowest BCUT2D eigenvalue weighted by molar-refractivity contribution is -0.0979. The number of hydrogen-bond acceptors (Lipinski definition) is 3. The molecule has 0 fully saturated rings. The molecule has 112 valence electrons. The lowest BCUT2D eigenvalue weighted by atomic mass is 10.1. The number of carbonyl (C=O) groups excluding carboxylic acids is 1. The first-order valence-corrected chi connectivity index (χ1v) is 6.72. The maximum atomic E-state index is 8.00. The second-order valence-electron chi connectivity index (χ2n) is 4.86. The van der Waals surface area contributed by atoms with Crippen molar-refractivity contribution in [2.45, 2.75) is 27.4 Å². The molecule has 0 aromatic heterocycles.